The number of fused-ring (bicyclic) bond motifs is 1. The lowest BCUT2D eigenvalue weighted by Crippen LogP contribution is -2.25. The molecule has 5 nitrogen and oxygen atoms in total. The van der Waals surface area contributed by atoms with E-state index in [9.17, 15) is 9.59 Å². The molecule has 0 radical (unpaired) electrons. The lowest BCUT2D eigenvalue weighted by Gasteiger charge is -2.14. The van der Waals surface area contributed by atoms with Crippen LogP contribution in [-0.4, -0.2) is 20.7 Å². The van der Waals surface area contributed by atoms with Gasteiger partial charge in [-0.2, -0.15) is 0 Å². The van der Waals surface area contributed by atoms with E-state index in [-0.39, 0.29) is 11.5 Å². The number of aromatic nitrogens is 2. The maximum absolute atomic E-state index is 12.5. The third-order valence-electron chi connectivity index (χ3n) is 4.37. The Morgan fingerprint density at radius 3 is 2.62 bits per heavy atom. The van der Waals surface area contributed by atoms with E-state index >= 15 is 0 Å². The maximum Gasteiger partial charge on any atom is 0.261 e. The van der Waals surface area contributed by atoms with Gasteiger partial charge < -0.3 is 5.32 Å². The van der Waals surface area contributed by atoms with Gasteiger partial charge in [-0.15, -0.1) is 0 Å². The van der Waals surface area contributed by atoms with Crippen molar-refractivity contribution in [1.82, 2.24) is 9.55 Å². The van der Waals surface area contributed by atoms with Gasteiger partial charge in [0.15, 0.2) is 5.16 Å². The third-order valence-corrected chi connectivity index (χ3v) is 5.51. The van der Waals surface area contributed by atoms with Gasteiger partial charge in [0.05, 0.1) is 16.2 Å². The van der Waals surface area contributed by atoms with Gasteiger partial charge in [0.2, 0.25) is 5.91 Å². The van der Waals surface area contributed by atoms with Crippen LogP contribution >= 0.6 is 11.8 Å². The Hall–Kier alpha value is -2.60. The third kappa shape index (κ3) is 3.65. The van der Waals surface area contributed by atoms with E-state index in [1.165, 1.54) is 21.9 Å². The summed E-state index contributed by atoms with van der Waals surface area (Å²) in [6.07, 6.45) is 0. The van der Waals surface area contributed by atoms with Gasteiger partial charge in [-0.3, -0.25) is 14.2 Å². The molecule has 1 atom stereocenters. The van der Waals surface area contributed by atoms with E-state index in [1.54, 1.807) is 19.2 Å². The summed E-state index contributed by atoms with van der Waals surface area (Å²) in [7, 11) is 1.68. The van der Waals surface area contributed by atoms with E-state index < -0.39 is 5.25 Å². The van der Waals surface area contributed by atoms with E-state index in [0.717, 1.165) is 11.3 Å². The summed E-state index contributed by atoms with van der Waals surface area (Å²) < 4.78 is 1.49. The molecule has 26 heavy (non-hydrogen) atoms. The number of amides is 1. The minimum absolute atomic E-state index is 0.111. The number of hydrogen-bond acceptors (Lipinski definition) is 4. The summed E-state index contributed by atoms with van der Waals surface area (Å²) in [4.78, 5) is 29.5. The second-order valence-corrected chi connectivity index (χ2v) is 7.63. The van der Waals surface area contributed by atoms with Crippen LogP contribution in [0.4, 0.5) is 5.69 Å². The van der Waals surface area contributed by atoms with Crippen molar-refractivity contribution >= 4 is 34.3 Å². The van der Waals surface area contributed by atoms with Crippen LogP contribution in [0.25, 0.3) is 10.9 Å². The SMILES string of the molecule is Cc1ccc(NC(=O)C(C)Sc2nc3ccccc3c(=O)n2C)cc1C. The minimum Gasteiger partial charge on any atom is -0.325 e. The van der Waals surface area contributed by atoms with Crippen LogP contribution in [-0.2, 0) is 11.8 Å². The number of anilines is 1. The molecule has 6 heteroatoms. The number of nitrogens with one attached hydrogen (secondary N) is 1. The zero-order valence-electron chi connectivity index (χ0n) is 15.2. The monoisotopic (exact) mass is 367 g/mol. The Balaban J connectivity index is 1.81. The van der Waals surface area contributed by atoms with Crippen molar-refractivity contribution in [3.8, 4) is 0 Å². The molecule has 0 aliphatic carbocycles. The molecule has 1 aromatic heterocycles. The molecule has 1 amide bonds. The second-order valence-electron chi connectivity index (χ2n) is 6.32. The first-order valence-corrected chi connectivity index (χ1v) is 9.25. The number of carbonyl (C=O) groups excluding carboxylic acids is 1. The zero-order chi connectivity index (χ0) is 18.8. The number of carbonyl (C=O) groups is 1. The fourth-order valence-corrected chi connectivity index (χ4v) is 3.45. The molecule has 134 valence electrons. The number of hydrogen-bond donors (Lipinski definition) is 1. The first-order chi connectivity index (χ1) is 12.4. The minimum atomic E-state index is -0.393. The Kier molecular flexibility index (Phi) is 5.13. The average Bonchev–Trinajstić information content (AvgIpc) is 2.62. The summed E-state index contributed by atoms with van der Waals surface area (Å²) in [5.74, 6) is -0.124. The average molecular weight is 367 g/mol. The highest BCUT2D eigenvalue weighted by atomic mass is 32.2. The molecule has 3 aromatic rings. The van der Waals surface area contributed by atoms with Crippen LogP contribution in [0.1, 0.15) is 18.1 Å². The van der Waals surface area contributed by atoms with Gasteiger partial charge in [0.1, 0.15) is 0 Å². The highest BCUT2D eigenvalue weighted by Gasteiger charge is 2.18. The van der Waals surface area contributed by atoms with Crippen molar-refractivity contribution < 1.29 is 4.79 Å². The molecule has 0 aliphatic rings. The molecule has 0 saturated heterocycles. The van der Waals surface area contributed by atoms with Crippen molar-refractivity contribution in [3.63, 3.8) is 0 Å². The molecule has 0 spiro atoms. The van der Waals surface area contributed by atoms with Crippen molar-refractivity contribution in [2.45, 2.75) is 31.2 Å². The Bertz CT molecular complexity index is 1040. The number of rotatable bonds is 4. The van der Waals surface area contributed by atoms with E-state index in [0.29, 0.717) is 16.1 Å². The molecular formula is C20H21N3O2S. The van der Waals surface area contributed by atoms with Gasteiger partial charge in [0, 0.05) is 12.7 Å². The van der Waals surface area contributed by atoms with E-state index in [2.05, 4.69) is 10.3 Å². The molecule has 0 fully saturated rings. The molecule has 0 saturated carbocycles. The quantitative estimate of drug-likeness (QED) is 0.564. The summed E-state index contributed by atoms with van der Waals surface area (Å²) >= 11 is 1.27. The van der Waals surface area contributed by atoms with Crippen molar-refractivity contribution in [3.05, 3.63) is 63.9 Å². The summed E-state index contributed by atoms with van der Waals surface area (Å²) in [5, 5.41) is 3.63. The summed E-state index contributed by atoms with van der Waals surface area (Å²) in [5.41, 5.74) is 3.60. The van der Waals surface area contributed by atoms with Gasteiger partial charge in [0.25, 0.3) is 5.56 Å². The number of para-hydroxylation sites is 1. The van der Waals surface area contributed by atoms with Crippen LogP contribution in [0.5, 0.6) is 0 Å². The van der Waals surface area contributed by atoms with Crippen LogP contribution in [0.15, 0.2) is 52.4 Å². The van der Waals surface area contributed by atoms with Crippen molar-refractivity contribution in [2.75, 3.05) is 5.32 Å². The highest BCUT2D eigenvalue weighted by molar-refractivity contribution is 8.00. The van der Waals surface area contributed by atoms with Crippen molar-refractivity contribution in [1.29, 1.82) is 0 Å². The second kappa shape index (κ2) is 7.33. The highest BCUT2D eigenvalue weighted by Crippen LogP contribution is 2.23. The largest absolute Gasteiger partial charge is 0.325 e. The lowest BCUT2D eigenvalue weighted by atomic mass is 10.1. The van der Waals surface area contributed by atoms with Gasteiger partial charge in [-0.1, -0.05) is 30.0 Å². The molecule has 3 rings (SSSR count). The molecule has 2 aromatic carbocycles. The van der Waals surface area contributed by atoms with Gasteiger partial charge in [-0.25, -0.2) is 4.98 Å². The zero-order valence-corrected chi connectivity index (χ0v) is 16.1. The smallest absolute Gasteiger partial charge is 0.261 e. The van der Waals surface area contributed by atoms with E-state index in [1.807, 2.05) is 51.1 Å². The molecule has 1 heterocycles. The molecule has 0 aliphatic heterocycles. The van der Waals surface area contributed by atoms with Crippen LogP contribution in [0, 0.1) is 13.8 Å². The molecular weight excluding hydrogens is 346 g/mol. The fraction of sp³-hybridized carbons (Fsp3) is 0.250. The number of benzene rings is 2. The maximum atomic E-state index is 12.5. The predicted octanol–water partition coefficient (Wildman–Crippen LogP) is 3.67. The van der Waals surface area contributed by atoms with Crippen LogP contribution in [0.3, 0.4) is 0 Å². The van der Waals surface area contributed by atoms with Crippen LogP contribution < -0.4 is 10.9 Å². The normalized spacial score (nSPS) is 12.2. The Morgan fingerprint density at radius 1 is 1.15 bits per heavy atom. The van der Waals surface area contributed by atoms with Crippen LogP contribution in [0.2, 0.25) is 0 Å². The predicted molar refractivity (Wildman–Crippen MR) is 107 cm³/mol. The number of thioether (sulfide) groups is 1. The van der Waals surface area contributed by atoms with Crippen molar-refractivity contribution in [2.24, 2.45) is 7.05 Å². The summed E-state index contributed by atoms with van der Waals surface area (Å²) in [6, 6.07) is 13.1. The van der Waals surface area contributed by atoms with Gasteiger partial charge in [-0.05, 0) is 56.2 Å². The standard InChI is InChI=1S/C20H21N3O2S/c1-12-9-10-15(11-13(12)2)21-18(24)14(3)26-20-22-17-8-6-5-7-16(17)19(25)23(20)4/h5-11,14H,1-4H3,(H,21,24). The Morgan fingerprint density at radius 2 is 1.88 bits per heavy atom. The number of aryl methyl sites for hydroxylation is 2. The summed E-state index contributed by atoms with van der Waals surface area (Å²) in [6.45, 7) is 5.85. The molecule has 1 unspecified atom stereocenters. The lowest BCUT2D eigenvalue weighted by molar-refractivity contribution is -0.115. The molecule has 0 bridgehead atoms. The molecule has 1 N–H and O–H groups in total. The van der Waals surface area contributed by atoms with Gasteiger partial charge >= 0.3 is 0 Å². The Labute approximate surface area is 156 Å². The number of nitrogens with zero attached hydrogens (tertiary/aromatic N) is 2. The fourth-order valence-electron chi connectivity index (χ4n) is 2.58. The first-order valence-electron chi connectivity index (χ1n) is 8.37. The van der Waals surface area contributed by atoms with E-state index in [4.69, 9.17) is 0 Å². The first kappa shape index (κ1) is 18.2. The topological polar surface area (TPSA) is 64.0 Å².